The van der Waals surface area contributed by atoms with E-state index < -0.39 is 0 Å². The third-order valence-electron chi connectivity index (χ3n) is 2.27. The number of hydrogen-bond donors (Lipinski definition) is 2. The molecule has 2 N–H and O–H groups in total. The van der Waals surface area contributed by atoms with Crippen LogP contribution in [0.1, 0.15) is 18.5 Å². The number of aliphatic hydroxyl groups excluding tert-OH is 1. The van der Waals surface area contributed by atoms with Crippen molar-refractivity contribution in [1.82, 2.24) is 4.98 Å². The molecule has 5 heteroatoms. The molecule has 0 bridgehead atoms. The number of rotatable bonds is 3. The Morgan fingerprint density at radius 1 is 1.60 bits per heavy atom. The number of anilines is 1. The van der Waals surface area contributed by atoms with Crippen molar-refractivity contribution in [3.8, 4) is 0 Å². The lowest BCUT2D eigenvalue weighted by Crippen LogP contribution is -2.14. The van der Waals surface area contributed by atoms with Gasteiger partial charge < -0.3 is 10.4 Å². The molecule has 1 heterocycles. The lowest BCUT2D eigenvalue weighted by molar-refractivity contribution is -0.117. The van der Waals surface area contributed by atoms with E-state index in [2.05, 4.69) is 26.2 Å². The largest absolute Gasteiger partial charge is 0.390 e. The molecule has 1 aromatic rings. The number of nitrogens with one attached hydrogen (secondary N) is 1. The van der Waals surface area contributed by atoms with Gasteiger partial charge in [0.15, 0.2) is 0 Å². The summed E-state index contributed by atoms with van der Waals surface area (Å²) in [5, 5.41) is 11.7. The second kappa shape index (κ2) is 4.28. The number of aliphatic hydroxyl groups is 1. The molecule has 0 aliphatic heterocycles. The normalized spacial score (nSPS) is 15.1. The molecule has 0 atom stereocenters. The molecule has 80 valence electrons. The Morgan fingerprint density at radius 2 is 2.33 bits per heavy atom. The van der Waals surface area contributed by atoms with Crippen molar-refractivity contribution < 1.29 is 9.90 Å². The Hall–Kier alpha value is -0.940. The zero-order valence-corrected chi connectivity index (χ0v) is 9.62. The first-order chi connectivity index (χ1) is 7.20. The van der Waals surface area contributed by atoms with Crippen molar-refractivity contribution in [3.63, 3.8) is 0 Å². The molecule has 0 unspecified atom stereocenters. The predicted molar refractivity (Wildman–Crippen MR) is 59.2 cm³/mol. The molecule has 0 saturated heterocycles. The minimum atomic E-state index is -0.145. The second-order valence-corrected chi connectivity index (χ2v) is 4.40. The summed E-state index contributed by atoms with van der Waals surface area (Å²) in [5.74, 6) is 0.681. The second-order valence-electron chi connectivity index (χ2n) is 3.55. The number of halogens is 1. The summed E-state index contributed by atoms with van der Waals surface area (Å²) >= 11 is 3.26. The topological polar surface area (TPSA) is 62.2 Å². The number of aromatic nitrogens is 1. The van der Waals surface area contributed by atoms with Crippen molar-refractivity contribution in [2.24, 2.45) is 5.92 Å². The van der Waals surface area contributed by atoms with Gasteiger partial charge >= 0.3 is 0 Å². The zero-order valence-electron chi connectivity index (χ0n) is 8.03. The quantitative estimate of drug-likeness (QED) is 0.879. The van der Waals surface area contributed by atoms with Gasteiger partial charge in [-0.15, -0.1) is 0 Å². The fourth-order valence-corrected chi connectivity index (χ4v) is 1.58. The highest BCUT2D eigenvalue weighted by Gasteiger charge is 2.29. The predicted octanol–water partition coefficient (Wildman–Crippen LogP) is 1.68. The molecule has 0 aromatic carbocycles. The van der Waals surface area contributed by atoms with E-state index in [1.165, 1.54) is 0 Å². The maximum Gasteiger partial charge on any atom is 0.228 e. The van der Waals surface area contributed by atoms with Gasteiger partial charge in [0.05, 0.1) is 12.3 Å². The SMILES string of the molecule is O=C(Nc1ccc(Br)c(CO)n1)C1CC1. The van der Waals surface area contributed by atoms with E-state index in [1.807, 2.05) is 0 Å². The molecular formula is C10H11BrN2O2. The van der Waals surface area contributed by atoms with Gasteiger partial charge in [0.2, 0.25) is 5.91 Å². The molecule has 0 spiro atoms. The summed E-state index contributed by atoms with van der Waals surface area (Å²) in [5.41, 5.74) is 0.531. The van der Waals surface area contributed by atoms with Crippen LogP contribution in [0.25, 0.3) is 0 Å². The zero-order chi connectivity index (χ0) is 10.8. The molecule has 1 aliphatic rings. The van der Waals surface area contributed by atoms with Crippen molar-refractivity contribution in [3.05, 3.63) is 22.3 Å². The van der Waals surface area contributed by atoms with Gasteiger partial charge in [-0.25, -0.2) is 4.98 Å². The van der Waals surface area contributed by atoms with E-state index >= 15 is 0 Å². The van der Waals surface area contributed by atoms with E-state index in [9.17, 15) is 4.79 Å². The van der Waals surface area contributed by atoms with Crippen LogP contribution in [0.2, 0.25) is 0 Å². The maximum atomic E-state index is 11.4. The van der Waals surface area contributed by atoms with Gasteiger partial charge in [-0.05, 0) is 40.9 Å². The summed E-state index contributed by atoms with van der Waals surface area (Å²) in [7, 11) is 0. The van der Waals surface area contributed by atoms with E-state index in [1.54, 1.807) is 12.1 Å². The average Bonchev–Trinajstić information content (AvgIpc) is 3.04. The highest BCUT2D eigenvalue weighted by Crippen LogP contribution is 2.30. The van der Waals surface area contributed by atoms with Crippen LogP contribution in [0.15, 0.2) is 16.6 Å². The van der Waals surface area contributed by atoms with Crippen LogP contribution in [0.4, 0.5) is 5.82 Å². The van der Waals surface area contributed by atoms with Crippen LogP contribution in [0.5, 0.6) is 0 Å². The van der Waals surface area contributed by atoms with Gasteiger partial charge in [0.1, 0.15) is 5.82 Å². The minimum absolute atomic E-state index is 0.0220. The Kier molecular flexibility index (Phi) is 3.02. The van der Waals surface area contributed by atoms with Crippen LogP contribution in [-0.2, 0) is 11.4 Å². The first kappa shape index (κ1) is 10.6. The Morgan fingerprint density at radius 3 is 2.93 bits per heavy atom. The van der Waals surface area contributed by atoms with Crippen LogP contribution < -0.4 is 5.32 Å². The van der Waals surface area contributed by atoms with Crippen molar-refractivity contribution in [1.29, 1.82) is 0 Å². The van der Waals surface area contributed by atoms with E-state index in [-0.39, 0.29) is 18.4 Å². The maximum absolute atomic E-state index is 11.4. The number of pyridine rings is 1. The number of nitrogens with zero attached hydrogens (tertiary/aromatic N) is 1. The van der Waals surface area contributed by atoms with Gasteiger partial charge in [-0.1, -0.05) is 0 Å². The van der Waals surface area contributed by atoms with Crippen LogP contribution in [-0.4, -0.2) is 16.0 Å². The fourth-order valence-electron chi connectivity index (χ4n) is 1.24. The van der Waals surface area contributed by atoms with E-state index in [4.69, 9.17) is 5.11 Å². The first-order valence-corrected chi connectivity index (χ1v) is 5.57. The van der Waals surface area contributed by atoms with Gasteiger partial charge in [0.25, 0.3) is 0 Å². The van der Waals surface area contributed by atoms with Crippen molar-refractivity contribution >= 4 is 27.7 Å². The standard InChI is InChI=1S/C10H11BrN2O2/c11-7-3-4-9(12-8(7)5-14)13-10(15)6-1-2-6/h3-4,6,14H,1-2,5H2,(H,12,13,15). The van der Waals surface area contributed by atoms with Crippen molar-refractivity contribution in [2.75, 3.05) is 5.32 Å². The monoisotopic (exact) mass is 270 g/mol. The third kappa shape index (κ3) is 2.54. The average molecular weight is 271 g/mol. The molecule has 2 rings (SSSR count). The van der Waals surface area contributed by atoms with E-state index in [0.717, 1.165) is 17.3 Å². The van der Waals surface area contributed by atoms with Crippen LogP contribution >= 0.6 is 15.9 Å². The summed E-state index contributed by atoms with van der Waals surface area (Å²) in [4.78, 5) is 15.5. The highest BCUT2D eigenvalue weighted by atomic mass is 79.9. The highest BCUT2D eigenvalue weighted by molar-refractivity contribution is 9.10. The van der Waals surface area contributed by atoms with Gasteiger partial charge in [0, 0.05) is 10.4 Å². The summed E-state index contributed by atoms with van der Waals surface area (Å²) < 4.78 is 0.745. The van der Waals surface area contributed by atoms with Crippen LogP contribution in [0.3, 0.4) is 0 Å². The molecular weight excluding hydrogens is 260 g/mol. The fraction of sp³-hybridized carbons (Fsp3) is 0.400. The Bertz CT molecular complexity index is 391. The number of hydrogen-bond acceptors (Lipinski definition) is 3. The third-order valence-corrected chi connectivity index (χ3v) is 2.99. The number of carbonyl (C=O) groups is 1. The number of amides is 1. The molecule has 1 amide bonds. The summed E-state index contributed by atoms with van der Waals surface area (Å²) in [6.07, 6.45) is 1.93. The summed E-state index contributed by atoms with van der Waals surface area (Å²) in [6.45, 7) is -0.145. The smallest absolute Gasteiger partial charge is 0.228 e. The first-order valence-electron chi connectivity index (χ1n) is 4.78. The minimum Gasteiger partial charge on any atom is -0.390 e. The van der Waals surface area contributed by atoms with Gasteiger partial charge in [-0.3, -0.25) is 4.79 Å². The molecule has 1 saturated carbocycles. The lowest BCUT2D eigenvalue weighted by Gasteiger charge is -2.05. The number of carbonyl (C=O) groups excluding carboxylic acids is 1. The molecule has 0 radical (unpaired) electrons. The Labute approximate surface area is 95.8 Å². The molecule has 15 heavy (non-hydrogen) atoms. The molecule has 1 aliphatic carbocycles. The van der Waals surface area contributed by atoms with Crippen LogP contribution in [0, 0.1) is 5.92 Å². The molecule has 1 aromatic heterocycles. The molecule has 4 nitrogen and oxygen atoms in total. The van der Waals surface area contributed by atoms with E-state index in [0.29, 0.717) is 11.5 Å². The van der Waals surface area contributed by atoms with Gasteiger partial charge in [-0.2, -0.15) is 0 Å². The van der Waals surface area contributed by atoms with Crippen molar-refractivity contribution in [2.45, 2.75) is 19.4 Å². The lowest BCUT2D eigenvalue weighted by atomic mass is 10.3. The Balaban J connectivity index is 2.10. The summed E-state index contributed by atoms with van der Waals surface area (Å²) in [6, 6.07) is 3.48. The molecule has 1 fully saturated rings.